The van der Waals surface area contributed by atoms with Gasteiger partial charge in [-0.3, -0.25) is 0 Å². The maximum atomic E-state index is 8.11. The molecule has 5 nitrogen and oxygen atoms in total. The number of hydrogen-bond acceptors (Lipinski definition) is 4. The Morgan fingerprint density at radius 2 is 1.39 bits per heavy atom. The van der Waals surface area contributed by atoms with E-state index in [4.69, 9.17) is 13.8 Å². The van der Waals surface area contributed by atoms with Gasteiger partial charge in [0.15, 0.2) is 0 Å². The molecule has 0 spiro atoms. The van der Waals surface area contributed by atoms with E-state index in [2.05, 4.69) is 119 Å². The maximum Gasteiger partial charge on any atom is 0.135 e. The monoisotopic (exact) mass is 851 g/mol. The van der Waals surface area contributed by atoms with Crippen molar-refractivity contribution < 1.29 is 29.9 Å². The molecular weight excluding hydrogens is 808 g/mol. The Morgan fingerprint density at radius 3 is 2.16 bits per heavy atom. The third kappa shape index (κ3) is 6.45. The van der Waals surface area contributed by atoms with Crippen molar-refractivity contribution in [2.24, 2.45) is 0 Å². The van der Waals surface area contributed by atoms with E-state index in [-0.39, 0.29) is 37.5 Å². The Labute approximate surface area is 320 Å². The number of para-hydroxylation sites is 2. The summed E-state index contributed by atoms with van der Waals surface area (Å²) in [6, 6.07) is 43.2. The molecule has 8 rings (SSSR count). The minimum atomic E-state index is -2.25. The van der Waals surface area contributed by atoms with Crippen LogP contribution in [-0.2, 0) is 31.9 Å². The number of nitrogens with zero attached hydrogens (tertiary/aromatic N) is 4. The van der Waals surface area contributed by atoms with Gasteiger partial charge in [0.1, 0.15) is 5.82 Å². The molecule has 7 aromatic rings. The molecule has 6 heteroatoms. The molecule has 0 saturated heterocycles. The molecule has 1 aliphatic heterocycles. The van der Waals surface area contributed by atoms with Gasteiger partial charge in [-0.05, 0) is 82.2 Å². The molecule has 0 bridgehead atoms. The Bertz CT molecular complexity index is 2510. The van der Waals surface area contributed by atoms with Crippen molar-refractivity contribution in [3.05, 3.63) is 151 Å². The van der Waals surface area contributed by atoms with Gasteiger partial charge in [0.05, 0.1) is 0 Å². The number of benzene rings is 5. The second-order valence-corrected chi connectivity index (χ2v) is 15.0. The van der Waals surface area contributed by atoms with Crippen molar-refractivity contribution in [3.63, 3.8) is 0 Å². The quantitative estimate of drug-likeness (QED) is 0.162. The molecule has 2 aromatic heterocycles. The van der Waals surface area contributed by atoms with Gasteiger partial charge in [0.2, 0.25) is 0 Å². The molecule has 0 saturated carbocycles. The first-order chi connectivity index (χ1) is 25.1. The van der Waals surface area contributed by atoms with E-state index in [0.29, 0.717) is 17.3 Å². The molecule has 0 amide bonds. The van der Waals surface area contributed by atoms with Crippen LogP contribution in [0.4, 0.5) is 22.7 Å². The number of anilines is 4. The predicted octanol–water partition coefficient (Wildman–Crippen LogP) is 11.9. The van der Waals surface area contributed by atoms with Gasteiger partial charge in [-0.1, -0.05) is 83.5 Å². The first kappa shape index (κ1) is 30.9. The average Bonchev–Trinajstić information content (AvgIpc) is 3.66. The van der Waals surface area contributed by atoms with Gasteiger partial charge in [-0.15, -0.1) is 48.1 Å². The zero-order chi connectivity index (χ0) is 37.3. The molecule has 0 unspecified atom stereocenters. The fourth-order valence-electron chi connectivity index (χ4n) is 6.61. The summed E-state index contributed by atoms with van der Waals surface area (Å²) in [7, 11) is 0. The first-order valence-electron chi connectivity index (χ1n) is 18.5. The summed E-state index contributed by atoms with van der Waals surface area (Å²) in [6.45, 7) is 13.0. The van der Waals surface area contributed by atoms with Crippen LogP contribution < -0.4 is 14.5 Å². The van der Waals surface area contributed by atoms with Crippen LogP contribution in [0.2, 0.25) is 0 Å². The van der Waals surface area contributed by atoms with Crippen LogP contribution in [0.3, 0.4) is 0 Å². The van der Waals surface area contributed by atoms with Gasteiger partial charge < -0.3 is 19.1 Å². The number of rotatable bonds is 5. The van der Waals surface area contributed by atoms with Crippen molar-refractivity contribution >= 4 is 44.6 Å². The molecule has 0 fully saturated rings. The maximum absolute atomic E-state index is 8.11. The van der Waals surface area contributed by atoms with Gasteiger partial charge >= 0.3 is 0 Å². The Kier molecular flexibility index (Phi) is 7.90. The fraction of sp³-hybridized carbons (Fsp3) is 0.200. The van der Waals surface area contributed by atoms with Crippen molar-refractivity contribution in [2.75, 3.05) is 9.80 Å². The van der Waals surface area contributed by atoms with Crippen molar-refractivity contribution in [2.45, 2.75) is 59.2 Å². The number of pyridine rings is 1. The molecule has 0 N–H and O–H groups in total. The van der Waals surface area contributed by atoms with Gasteiger partial charge in [-0.2, -0.15) is 12.1 Å². The summed E-state index contributed by atoms with van der Waals surface area (Å²) in [4.78, 5) is 9.11. The van der Waals surface area contributed by atoms with E-state index in [9.17, 15) is 0 Å². The van der Waals surface area contributed by atoms with E-state index >= 15 is 0 Å². The average molecular weight is 852 g/mol. The molecule has 1 aliphatic rings. The second-order valence-electron chi connectivity index (χ2n) is 15.0. The van der Waals surface area contributed by atoms with Crippen molar-refractivity contribution in [1.82, 2.24) is 9.55 Å². The van der Waals surface area contributed by atoms with Crippen LogP contribution in [-0.4, -0.2) is 9.55 Å². The summed E-state index contributed by atoms with van der Waals surface area (Å²) < 4.78 is 32.8. The number of aryl methyl sites for hydroxylation is 1. The van der Waals surface area contributed by atoms with Gasteiger partial charge in [0.25, 0.3) is 0 Å². The Morgan fingerprint density at radius 1 is 0.686 bits per heavy atom. The van der Waals surface area contributed by atoms with Crippen LogP contribution in [0.5, 0.6) is 11.5 Å². The molecule has 260 valence electrons. The predicted molar refractivity (Wildman–Crippen MR) is 206 cm³/mol. The second kappa shape index (κ2) is 13.0. The van der Waals surface area contributed by atoms with Crippen molar-refractivity contribution in [1.29, 1.82) is 0 Å². The molecule has 0 aliphatic carbocycles. The van der Waals surface area contributed by atoms with E-state index in [1.165, 1.54) is 5.56 Å². The Hall–Kier alpha value is -4.86. The van der Waals surface area contributed by atoms with E-state index in [1.807, 2.05) is 53.1 Å². The third-order valence-corrected chi connectivity index (χ3v) is 9.35. The summed E-state index contributed by atoms with van der Waals surface area (Å²) in [5.41, 5.74) is 8.09. The third-order valence-electron chi connectivity index (χ3n) is 9.35. The molecule has 0 radical (unpaired) electrons. The molecular formula is C45H41N4OPt-3. The Balaban J connectivity index is 0.00000450. The number of aromatic nitrogens is 2. The minimum Gasteiger partial charge on any atom is -0.509 e. The van der Waals surface area contributed by atoms with Crippen molar-refractivity contribution in [3.8, 4) is 17.3 Å². The topological polar surface area (TPSA) is 33.5 Å². The summed E-state index contributed by atoms with van der Waals surface area (Å²) in [5, 5.41) is 1.83. The minimum absolute atomic E-state index is 0. The van der Waals surface area contributed by atoms with E-state index in [0.717, 1.165) is 50.1 Å². The first-order valence-corrected chi connectivity index (χ1v) is 17.0. The molecule has 3 heterocycles. The molecule has 0 atom stereocenters. The van der Waals surface area contributed by atoms with E-state index in [1.54, 1.807) is 18.3 Å². The fourth-order valence-corrected chi connectivity index (χ4v) is 6.61. The summed E-state index contributed by atoms with van der Waals surface area (Å²) in [6.07, 6.45) is 1.80. The zero-order valence-electron chi connectivity index (χ0n) is 32.6. The molecule has 51 heavy (non-hydrogen) atoms. The van der Waals surface area contributed by atoms with Crippen LogP contribution in [0, 0.1) is 25.7 Å². The number of ether oxygens (including phenoxy) is 1. The number of fused-ring (bicyclic) bond motifs is 4. The van der Waals surface area contributed by atoms with Crippen LogP contribution in [0.1, 0.15) is 62.3 Å². The molecule has 5 aromatic carbocycles. The van der Waals surface area contributed by atoms with Gasteiger partial charge in [0, 0.05) is 65.5 Å². The van der Waals surface area contributed by atoms with Gasteiger partial charge in [-0.25, -0.2) is 4.98 Å². The normalized spacial score (nSPS) is 14.2. The zero-order valence-corrected chi connectivity index (χ0v) is 31.8. The largest absolute Gasteiger partial charge is 0.509 e. The van der Waals surface area contributed by atoms with Crippen LogP contribution in [0.15, 0.2) is 115 Å². The standard InChI is InChI=1S/C45H41N4O.Pt/c1-30-18-20-37-38-21-19-36(28-42(38)49(41(37)24-30)43-26-32(22-23-46-43)45(5,6)7)50-35-15-11-14-34(27-35)48-29-47(39-16-8-9-17-40(39)48)33-13-10-12-31(25-33)44(2,3)4;/h8-26,29H,1-7H3;/q-3;/i1D3;. The summed E-state index contributed by atoms with van der Waals surface area (Å²) >= 11 is 0. The van der Waals surface area contributed by atoms with Crippen LogP contribution >= 0.6 is 0 Å². The SMILES string of the molecule is [2H]C([2H])([2H])c1ccc2c3ccc(Oc4[c-]c(N5[CH-]N(c6cccc(C(C)(C)C)c6)c6ccccc65)ccc4)[c-]c3n(-c3cc(C(C)(C)C)ccn3)c2c1.[Pt]. The van der Waals surface area contributed by atoms with Crippen LogP contribution in [0.25, 0.3) is 27.6 Å². The summed E-state index contributed by atoms with van der Waals surface area (Å²) in [5.74, 6) is 1.73. The smallest absolute Gasteiger partial charge is 0.135 e. The van der Waals surface area contributed by atoms with E-state index < -0.39 is 6.85 Å². The number of hydrogen-bond donors (Lipinski definition) is 0.